The fraction of sp³-hybridized carbons (Fsp3) is 0.458. The molecule has 1 amide bonds. The number of carbonyl (C=O) groups excluding carboxylic acids is 1. The third-order valence-electron chi connectivity index (χ3n) is 6.24. The smallest absolute Gasteiger partial charge is 0.224 e. The summed E-state index contributed by atoms with van der Waals surface area (Å²) in [7, 11) is -3.66. The predicted octanol–water partition coefficient (Wildman–Crippen LogP) is 5.34. The molecule has 32 heavy (non-hydrogen) atoms. The number of aryl methyl sites for hydroxylation is 3. The first-order chi connectivity index (χ1) is 15.0. The van der Waals surface area contributed by atoms with E-state index >= 15 is 0 Å². The van der Waals surface area contributed by atoms with E-state index in [9.17, 15) is 13.2 Å². The van der Waals surface area contributed by atoms with Crippen molar-refractivity contribution in [1.82, 2.24) is 9.62 Å². The lowest BCUT2D eigenvalue weighted by molar-refractivity contribution is -0.126. The molecule has 1 aliphatic rings. The second-order valence-corrected chi connectivity index (χ2v) is 11.5. The Labute approximate surface area is 201 Å². The van der Waals surface area contributed by atoms with E-state index in [4.69, 9.17) is 23.2 Å². The summed E-state index contributed by atoms with van der Waals surface area (Å²) in [6.45, 7) is 8.68. The Hall–Kier alpha value is -1.60. The summed E-state index contributed by atoms with van der Waals surface area (Å²) >= 11 is 12.3. The monoisotopic (exact) mass is 496 g/mol. The number of carbonyl (C=O) groups is 1. The molecule has 2 aromatic rings. The van der Waals surface area contributed by atoms with E-state index in [1.807, 2.05) is 13.8 Å². The second kappa shape index (κ2) is 10.1. The van der Waals surface area contributed by atoms with E-state index in [1.54, 1.807) is 18.2 Å². The van der Waals surface area contributed by atoms with Gasteiger partial charge in [0.2, 0.25) is 15.9 Å². The Morgan fingerprint density at radius 1 is 1.12 bits per heavy atom. The molecule has 0 aliphatic carbocycles. The molecule has 2 aromatic carbocycles. The van der Waals surface area contributed by atoms with Crippen molar-refractivity contribution in [2.45, 2.75) is 52.3 Å². The van der Waals surface area contributed by atoms with Crippen LogP contribution in [0.4, 0.5) is 0 Å². The third-order valence-corrected chi connectivity index (χ3v) is 8.72. The molecule has 1 aliphatic heterocycles. The van der Waals surface area contributed by atoms with Gasteiger partial charge >= 0.3 is 0 Å². The number of hydrogen-bond donors (Lipinski definition) is 1. The van der Waals surface area contributed by atoms with Crippen LogP contribution in [0.2, 0.25) is 10.0 Å². The Kier molecular flexibility index (Phi) is 7.92. The zero-order valence-electron chi connectivity index (χ0n) is 18.9. The van der Waals surface area contributed by atoms with Gasteiger partial charge in [0.1, 0.15) is 0 Å². The van der Waals surface area contributed by atoms with E-state index < -0.39 is 15.9 Å². The number of piperidine rings is 1. The number of nitrogens with one attached hydrogen (secondary N) is 1. The van der Waals surface area contributed by atoms with Crippen molar-refractivity contribution in [2.24, 2.45) is 5.92 Å². The van der Waals surface area contributed by atoms with Crippen LogP contribution in [-0.4, -0.2) is 31.7 Å². The molecule has 0 bridgehead atoms. The fourth-order valence-electron chi connectivity index (χ4n) is 4.21. The number of benzene rings is 2. The summed E-state index contributed by atoms with van der Waals surface area (Å²) in [5.41, 5.74) is 5.00. The molecule has 1 saturated heterocycles. The van der Waals surface area contributed by atoms with Gasteiger partial charge in [0.15, 0.2) is 0 Å². The minimum Gasteiger partial charge on any atom is -0.349 e. The van der Waals surface area contributed by atoms with E-state index in [2.05, 4.69) is 31.3 Å². The maximum Gasteiger partial charge on any atom is 0.224 e. The molecule has 1 fully saturated rings. The zero-order chi connectivity index (χ0) is 23.6. The standard InChI is InChI=1S/C24H30Cl2N2O3S/c1-15-11-17(3)20(12-16(15)2)18(4)27-24(29)19-7-6-10-28(13-19)32(30,31)14-21-22(25)8-5-9-23(21)26/h5,8-9,11-12,18-19H,6-7,10,13-14H2,1-4H3,(H,27,29). The number of amides is 1. The topological polar surface area (TPSA) is 66.5 Å². The van der Waals surface area contributed by atoms with Gasteiger partial charge in [-0.05, 0) is 74.9 Å². The summed E-state index contributed by atoms with van der Waals surface area (Å²) in [6, 6.07) is 9.01. The molecule has 1 N–H and O–H groups in total. The quantitative estimate of drug-likeness (QED) is 0.586. The van der Waals surface area contributed by atoms with Gasteiger partial charge in [-0.15, -0.1) is 0 Å². The van der Waals surface area contributed by atoms with Gasteiger partial charge in [-0.3, -0.25) is 4.79 Å². The maximum absolute atomic E-state index is 13.1. The largest absolute Gasteiger partial charge is 0.349 e. The number of halogens is 2. The van der Waals surface area contributed by atoms with E-state index in [0.717, 1.165) is 11.1 Å². The lowest BCUT2D eigenvalue weighted by Gasteiger charge is -2.32. The Bertz CT molecular complexity index is 1100. The minimum atomic E-state index is -3.66. The van der Waals surface area contributed by atoms with Crippen LogP contribution in [0, 0.1) is 26.7 Å². The Morgan fingerprint density at radius 3 is 2.41 bits per heavy atom. The molecular weight excluding hydrogens is 467 g/mol. The van der Waals surface area contributed by atoms with Crippen LogP contribution in [0.25, 0.3) is 0 Å². The lowest BCUT2D eigenvalue weighted by Crippen LogP contribution is -2.46. The molecule has 5 nitrogen and oxygen atoms in total. The Morgan fingerprint density at radius 2 is 1.75 bits per heavy atom. The molecule has 2 unspecified atom stereocenters. The summed E-state index contributed by atoms with van der Waals surface area (Å²) in [5, 5.41) is 3.74. The van der Waals surface area contributed by atoms with E-state index in [1.165, 1.54) is 15.4 Å². The summed E-state index contributed by atoms with van der Waals surface area (Å²) in [5.74, 6) is -0.793. The number of nitrogens with zero attached hydrogens (tertiary/aromatic N) is 1. The highest BCUT2D eigenvalue weighted by atomic mass is 35.5. The molecule has 0 radical (unpaired) electrons. The average Bonchev–Trinajstić information content (AvgIpc) is 2.73. The predicted molar refractivity (Wildman–Crippen MR) is 131 cm³/mol. The minimum absolute atomic E-state index is 0.120. The maximum atomic E-state index is 13.1. The molecule has 0 aromatic heterocycles. The van der Waals surface area contributed by atoms with Crippen molar-refractivity contribution < 1.29 is 13.2 Å². The van der Waals surface area contributed by atoms with Crippen molar-refractivity contribution in [1.29, 1.82) is 0 Å². The molecule has 1 heterocycles. The fourth-order valence-corrected chi connectivity index (χ4v) is 6.57. The molecule has 174 valence electrons. The summed E-state index contributed by atoms with van der Waals surface area (Å²) in [6.07, 6.45) is 1.29. The highest BCUT2D eigenvalue weighted by Crippen LogP contribution is 2.29. The van der Waals surface area contributed by atoms with Crippen LogP contribution in [0.5, 0.6) is 0 Å². The van der Waals surface area contributed by atoms with Gasteiger partial charge < -0.3 is 5.32 Å². The first-order valence-corrected chi connectivity index (χ1v) is 13.1. The molecule has 2 atom stereocenters. The van der Waals surface area contributed by atoms with Gasteiger partial charge in [0, 0.05) is 28.7 Å². The first kappa shape index (κ1) is 25.0. The van der Waals surface area contributed by atoms with E-state index in [0.29, 0.717) is 35.0 Å². The van der Waals surface area contributed by atoms with Gasteiger partial charge in [-0.2, -0.15) is 0 Å². The van der Waals surface area contributed by atoms with Crippen molar-refractivity contribution in [3.05, 3.63) is 68.2 Å². The molecule has 8 heteroatoms. The highest BCUT2D eigenvalue weighted by Gasteiger charge is 2.33. The number of sulfonamides is 1. The highest BCUT2D eigenvalue weighted by molar-refractivity contribution is 7.88. The molecule has 3 rings (SSSR count). The van der Waals surface area contributed by atoms with Gasteiger partial charge in [0.05, 0.1) is 17.7 Å². The zero-order valence-corrected chi connectivity index (χ0v) is 21.2. The molecular formula is C24H30Cl2N2O3S. The van der Waals surface area contributed by atoms with Crippen molar-refractivity contribution >= 4 is 39.1 Å². The molecule has 0 saturated carbocycles. The average molecular weight is 497 g/mol. The molecule has 0 spiro atoms. The van der Waals surface area contributed by atoms with Crippen LogP contribution in [0.1, 0.15) is 53.6 Å². The van der Waals surface area contributed by atoms with Gasteiger partial charge in [-0.1, -0.05) is 41.4 Å². The third kappa shape index (κ3) is 5.66. The Balaban J connectivity index is 1.70. The van der Waals surface area contributed by atoms with Gasteiger partial charge in [0.25, 0.3) is 0 Å². The van der Waals surface area contributed by atoms with Crippen LogP contribution >= 0.6 is 23.2 Å². The number of rotatable bonds is 6. The first-order valence-electron chi connectivity index (χ1n) is 10.8. The van der Waals surface area contributed by atoms with Crippen LogP contribution in [0.3, 0.4) is 0 Å². The lowest BCUT2D eigenvalue weighted by atomic mass is 9.95. The summed E-state index contributed by atoms with van der Waals surface area (Å²) in [4.78, 5) is 13.0. The van der Waals surface area contributed by atoms with Gasteiger partial charge in [-0.25, -0.2) is 12.7 Å². The van der Waals surface area contributed by atoms with Crippen molar-refractivity contribution in [2.75, 3.05) is 13.1 Å². The normalized spacial score (nSPS) is 18.4. The van der Waals surface area contributed by atoms with Crippen LogP contribution in [-0.2, 0) is 20.6 Å². The summed E-state index contributed by atoms with van der Waals surface area (Å²) < 4.78 is 27.5. The SMILES string of the molecule is Cc1cc(C)c(C(C)NC(=O)C2CCCN(S(=O)(=O)Cc3c(Cl)cccc3Cl)C2)cc1C. The van der Waals surface area contributed by atoms with E-state index in [-0.39, 0.29) is 24.2 Å². The van der Waals surface area contributed by atoms with Crippen molar-refractivity contribution in [3.8, 4) is 0 Å². The second-order valence-electron chi connectivity index (χ2n) is 8.68. The number of hydrogen-bond acceptors (Lipinski definition) is 3. The van der Waals surface area contributed by atoms with Crippen molar-refractivity contribution in [3.63, 3.8) is 0 Å². The van der Waals surface area contributed by atoms with Crippen LogP contribution < -0.4 is 5.32 Å². The van der Waals surface area contributed by atoms with Crippen LogP contribution in [0.15, 0.2) is 30.3 Å².